The van der Waals surface area contributed by atoms with Crippen LogP contribution in [-0.4, -0.2) is 69.7 Å². The molecule has 0 spiro atoms. The fourth-order valence-corrected chi connectivity index (χ4v) is 5.31. The normalized spacial score (nSPS) is 22.2. The number of amides is 2. The van der Waals surface area contributed by atoms with Crippen molar-refractivity contribution in [2.24, 2.45) is 5.16 Å². The van der Waals surface area contributed by atoms with Crippen molar-refractivity contribution in [2.45, 2.75) is 12.1 Å². The molecule has 2 unspecified atom stereocenters. The van der Waals surface area contributed by atoms with E-state index >= 15 is 0 Å². The first-order chi connectivity index (χ1) is 12.9. The minimum absolute atomic E-state index is 0.0442. The first-order valence-electron chi connectivity index (χ1n) is 7.49. The molecule has 3 rings (SSSR count). The van der Waals surface area contributed by atoms with Crippen LogP contribution in [0.2, 0.25) is 0 Å². The lowest BCUT2D eigenvalue weighted by Crippen LogP contribution is -2.72. The molecule has 1 aromatic heterocycles. The number of oxime groups is 1. The molecule has 2 aliphatic heterocycles. The zero-order chi connectivity index (χ0) is 19.7. The van der Waals surface area contributed by atoms with Gasteiger partial charge in [-0.1, -0.05) is 5.16 Å². The average molecular weight is 430 g/mol. The van der Waals surface area contributed by atoms with E-state index in [1.165, 1.54) is 35.5 Å². The number of nitrogen functional groups attached to an aromatic ring is 1. The summed E-state index contributed by atoms with van der Waals surface area (Å²) in [5.74, 6) is -1.83. The van der Waals surface area contributed by atoms with Crippen LogP contribution in [0.5, 0.6) is 0 Å². The number of carboxylic acid groups (broad SMARTS) is 1. The second-order valence-corrected chi connectivity index (χ2v) is 8.37. The maximum Gasteiger partial charge on any atom is 0.354 e. The van der Waals surface area contributed by atoms with Crippen molar-refractivity contribution in [1.29, 1.82) is 0 Å². The Morgan fingerprint density at radius 2 is 2.30 bits per heavy atom. The summed E-state index contributed by atoms with van der Waals surface area (Å²) in [6.45, 7) is 0. The lowest BCUT2D eigenvalue weighted by Gasteiger charge is -2.49. The molecular formula is C14H15N5O5S3. The molecule has 0 bridgehead atoms. The van der Waals surface area contributed by atoms with Gasteiger partial charge in [-0.2, -0.15) is 0 Å². The predicted molar refractivity (Wildman–Crippen MR) is 103 cm³/mol. The SMILES string of the molecule is CON=C(C(=O)NC1C(=O)N2C(C(=O)O)=C(SC)SCC12)c1csc(N)n1. The van der Waals surface area contributed by atoms with Crippen LogP contribution in [0.3, 0.4) is 0 Å². The third-order valence-electron chi connectivity index (χ3n) is 3.88. The molecule has 4 N–H and O–H groups in total. The van der Waals surface area contributed by atoms with Gasteiger partial charge in [0, 0.05) is 11.1 Å². The number of aliphatic carboxylic acids is 1. The summed E-state index contributed by atoms with van der Waals surface area (Å²) in [5.41, 5.74) is 5.66. The number of fused-ring (bicyclic) bond motifs is 1. The first kappa shape index (κ1) is 19.5. The van der Waals surface area contributed by atoms with Crippen LogP contribution >= 0.6 is 34.9 Å². The van der Waals surface area contributed by atoms with Crippen molar-refractivity contribution in [1.82, 2.24) is 15.2 Å². The van der Waals surface area contributed by atoms with E-state index in [1.54, 1.807) is 11.6 Å². The highest BCUT2D eigenvalue weighted by Gasteiger charge is 2.54. The van der Waals surface area contributed by atoms with Crippen LogP contribution in [0.25, 0.3) is 0 Å². The summed E-state index contributed by atoms with van der Waals surface area (Å²) in [5, 5.41) is 17.5. The van der Waals surface area contributed by atoms with Gasteiger partial charge in [0.05, 0.1) is 10.3 Å². The Morgan fingerprint density at radius 1 is 1.56 bits per heavy atom. The Kier molecular flexibility index (Phi) is 5.62. The number of hydrogen-bond donors (Lipinski definition) is 3. The smallest absolute Gasteiger partial charge is 0.354 e. The molecule has 0 aliphatic carbocycles. The zero-order valence-corrected chi connectivity index (χ0v) is 16.6. The Hall–Kier alpha value is -2.25. The van der Waals surface area contributed by atoms with Gasteiger partial charge in [0.1, 0.15) is 18.8 Å². The number of carboxylic acids is 1. The highest BCUT2D eigenvalue weighted by molar-refractivity contribution is 8.22. The van der Waals surface area contributed by atoms with E-state index in [9.17, 15) is 19.5 Å². The first-order valence-corrected chi connectivity index (χ1v) is 10.6. The topological polar surface area (TPSA) is 147 Å². The second-order valence-electron chi connectivity index (χ2n) is 5.38. The monoisotopic (exact) mass is 429 g/mol. The van der Waals surface area contributed by atoms with Crippen LogP contribution in [0.15, 0.2) is 20.5 Å². The molecular weight excluding hydrogens is 414 g/mol. The highest BCUT2D eigenvalue weighted by Crippen LogP contribution is 2.42. The standard InChI is InChI=1S/C14H15N5O5S3/c1-24-18-7(5-3-27-14(15)16-5)10(20)17-8-6-4-26-13(25-2)9(12(22)23)19(6)11(8)21/h3,6,8H,4H2,1-2H3,(H2,15,16)(H,17,20)(H,22,23). The van der Waals surface area contributed by atoms with Crippen LogP contribution in [0.4, 0.5) is 5.13 Å². The van der Waals surface area contributed by atoms with E-state index < -0.39 is 29.9 Å². The molecule has 2 amide bonds. The molecule has 13 heteroatoms. The number of rotatable bonds is 6. The lowest BCUT2D eigenvalue weighted by molar-refractivity contribution is -0.153. The maximum atomic E-state index is 12.6. The molecule has 144 valence electrons. The molecule has 1 saturated heterocycles. The molecule has 1 fully saturated rings. The third kappa shape index (κ3) is 3.49. The van der Waals surface area contributed by atoms with E-state index in [0.29, 0.717) is 9.99 Å². The fraction of sp³-hybridized carbons (Fsp3) is 0.357. The molecule has 1 aromatic rings. The number of anilines is 1. The number of nitrogens with one attached hydrogen (secondary N) is 1. The molecule has 0 radical (unpaired) electrons. The van der Waals surface area contributed by atoms with Crippen LogP contribution in [0, 0.1) is 0 Å². The molecule has 3 heterocycles. The van der Waals surface area contributed by atoms with Gasteiger partial charge >= 0.3 is 5.97 Å². The largest absolute Gasteiger partial charge is 0.477 e. The average Bonchev–Trinajstić information content (AvgIpc) is 3.08. The molecule has 0 aromatic carbocycles. The number of nitrogens with two attached hydrogens (primary N) is 1. The van der Waals surface area contributed by atoms with Crippen molar-refractivity contribution >= 4 is 63.5 Å². The van der Waals surface area contributed by atoms with Crippen LogP contribution in [-0.2, 0) is 19.2 Å². The lowest BCUT2D eigenvalue weighted by atomic mass is 9.95. The Balaban J connectivity index is 1.79. The van der Waals surface area contributed by atoms with Gasteiger partial charge in [-0.15, -0.1) is 34.9 Å². The van der Waals surface area contributed by atoms with Gasteiger partial charge in [-0.05, 0) is 6.26 Å². The number of nitrogens with zero attached hydrogens (tertiary/aromatic N) is 3. The van der Waals surface area contributed by atoms with Crippen molar-refractivity contribution in [2.75, 3.05) is 24.9 Å². The van der Waals surface area contributed by atoms with E-state index in [0.717, 1.165) is 11.3 Å². The number of hydrogen-bond acceptors (Lipinski definition) is 10. The van der Waals surface area contributed by atoms with Gasteiger partial charge < -0.3 is 21.0 Å². The summed E-state index contributed by atoms with van der Waals surface area (Å²) in [4.78, 5) is 46.6. The molecule has 2 aliphatic rings. The van der Waals surface area contributed by atoms with Crippen molar-refractivity contribution in [3.8, 4) is 0 Å². The van der Waals surface area contributed by atoms with Crippen molar-refractivity contribution in [3.63, 3.8) is 0 Å². The number of β-lactam (4-membered cyclic amide) rings is 1. The number of aromatic nitrogens is 1. The van der Waals surface area contributed by atoms with E-state index in [1.807, 2.05) is 0 Å². The maximum absolute atomic E-state index is 12.6. The Labute approximate surface area is 166 Å². The minimum Gasteiger partial charge on any atom is -0.477 e. The van der Waals surface area contributed by atoms with Gasteiger partial charge in [-0.3, -0.25) is 14.5 Å². The third-order valence-corrected chi connectivity index (χ3v) is 6.93. The summed E-state index contributed by atoms with van der Waals surface area (Å²) in [7, 11) is 1.28. The Bertz CT molecular complexity index is 867. The minimum atomic E-state index is -1.17. The Morgan fingerprint density at radius 3 is 2.85 bits per heavy atom. The van der Waals surface area contributed by atoms with Gasteiger partial charge in [-0.25, -0.2) is 9.78 Å². The molecule has 2 atom stereocenters. The second kappa shape index (κ2) is 7.78. The van der Waals surface area contributed by atoms with E-state index in [-0.39, 0.29) is 22.2 Å². The van der Waals surface area contributed by atoms with E-state index in [2.05, 4.69) is 15.5 Å². The summed E-state index contributed by atoms with van der Waals surface area (Å²) in [6.07, 6.45) is 1.75. The van der Waals surface area contributed by atoms with E-state index in [4.69, 9.17) is 10.6 Å². The summed E-state index contributed by atoms with van der Waals surface area (Å²) >= 11 is 3.76. The summed E-state index contributed by atoms with van der Waals surface area (Å²) in [6, 6.07) is -1.29. The highest BCUT2D eigenvalue weighted by atomic mass is 32.2. The van der Waals surface area contributed by atoms with Gasteiger partial charge in [0.15, 0.2) is 16.5 Å². The van der Waals surface area contributed by atoms with Crippen molar-refractivity contribution in [3.05, 3.63) is 21.0 Å². The molecule has 27 heavy (non-hydrogen) atoms. The molecule has 0 saturated carbocycles. The predicted octanol–water partition coefficient (Wildman–Crippen LogP) is 0.135. The summed E-state index contributed by atoms with van der Waals surface area (Å²) < 4.78 is 0.566. The number of carbonyl (C=O) groups excluding carboxylic acids is 2. The van der Waals surface area contributed by atoms with Gasteiger partial charge in [0.25, 0.3) is 11.8 Å². The number of thiazole rings is 1. The quantitative estimate of drug-likeness (QED) is 0.326. The van der Waals surface area contributed by atoms with Crippen LogP contribution < -0.4 is 11.1 Å². The number of carbonyl (C=O) groups is 3. The fourth-order valence-electron chi connectivity index (χ4n) is 2.73. The van der Waals surface area contributed by atoms with Crippen LogP contribution in [0.1, 0.15) is 5.69 Å². The molecule has 10 nitrogen and oxygen atoms in total. The van der Waals surface area contributed by atoms with Crippen molar-refractivity contribution < 1.29 is 24.3 Å². The number of thioether (sulfide) groups is 2. The zero-order valence-electron chi connectivity index (χ0n) is 14.2. The van der Waals surface area contributed by atoms with Gasteiger partial charge in [0.2, 0.25) is 0 Å².